The second-order valence-electron chi connectivity index (χ2n) is 6.16. The molecule has 4 rings (SSSR count). The van der Waals surface area contributed by atoms with Crippen molar-refractivity contribution in [3.8, 4) is 0 Å². The van der Waals surface area contributed by atoms with E-state index in [1.807, 2.05) is 23.1 Å². The van der Waals surface area contributed by atoms with E-state index < -0.39 is 23.8 Å². The third-order valence-corrected chi connectivity index (χ3v) is 4.61. The Morgan fingerprint density at radius 1 is 1.35 bits per heavy atom. The molecule has 3 heterocycles. The second-order valence-corrected chi connectivity index (χ2v) is 6.16. The summed E-state index contributed by atoms with van der Waals surface area (Å²) in [6.45, 7) is 2.62. The van der Waals surface area contributed by atoms with Crippen LogP contribution in [-0.2, 0) is 20.7 Å². The van der Waals surface area contributed by atoms with Crippen LogP contribution < -0.4 is 10.2 Å². The quantitative estimate of drug-likeness (QED) is 0.674. The maximum absolute atomic E-state index is 12.7. The Bertz CT molecular complexity index is 859. The molecule has 1 N–H and O–H groups in total. The van der Waals surface area contributed by atoms with Gasteiger partial charge in [0.2, 0.25) is 11.9 Å². The minimum Gasteiger partial charge on any atom is -0.467 e. The fraction of sp³-hybridized carbons (Fsp3) is 0.316. The van der Waals surface area contributed by atoms with E-state index in [1.54, 1.807) is 19.1 Å². The minimum absolute atomic E-state index is 0.198. The molecule has 0 aliphatic carbocycles. The summed E-state index contributed by atoms with van der Waals surface area (Å²) in [5.41, 5.74) is 2.21. The van der Waals surface area contributed by atoms with Crippen LogP contribution in [0, 0.1) is 5.92 Å². The fourth-order valence-electron chi connectivity index (χ4n) is 3.42. The van der Waals surface area contributed by atoms with Crippen LogP contribution in [0.2, 0.25) is 0 Å². The summed E-state index contributed by atoms with van der Waals surface area (Å²) < 4.78 is 10.5. The molecule has 2 unspecified atom stereocenters. The predicted octanol–water partition coefficient (Wildman–Crippen LogP) is 2.05. The third kappa shape index (κ3) is 2.75. The summed E-state index contributed by atoms with van der Waals surface area (Å²) in [6, 6.07) is 10.7. The monoisotopic (exact) mass is 353 g/mol. The van der Waals surface area contributed by atoms with Crippen molar-refractivity contribution in [2.24, 2.45) is 10.9 Å². The number of amides is 1. The average molecular weight is 353 g/mol. The van der Waals surface area contributed by atoms with E-state index in [1.165, 1.54) is 11.8 Å². The minimum atomic E-state index is -1.07. The van der Waals surface area contributed by atoms with Crippen molar-refractivity contribution in [3.05, 3.63) is 54.0 Å². The van der Waals surface area contributed by atoms with E-state index in [4.69, 9.17) is 9.15 Å². The normalized spacial score (nSPS) is 21.8. The van der Waals surface area contributed by atoms with Gasteiger partial charge in [0.1, 0.15) is 11.8 Å². The van der Waals surface area contributed by atoms with Crippen LogP contribution in [0.5, 0.6) is 0 Å². The number of nitrogens with zero attached hydrogens (tertiary/aromatic N) is 2. The van der Waals surface area contributed by atoms with E-state index in [0.29, 0.717) is 18.3 Å². The number of nitrogens with one attached hydrogen (secondary N) is 1. The lowest BCUT2D eigenvalue weighted by atomic mass is 9.95. The van der Waals surface area contributed by atoms with Crippen molar-refractivity contribution < 1.29 is 18.7 Å². The van der Waals surface area contributed by atoms with Crippen LogP contribution in [0.15, 0.2) is 52.1 Å². The maximum atomic E-state index is 12.7. The average Bonchev–Trinajstić information content (AvgIpc) is 3.31. The van der Waals surface area contributed by atoms with Crippen LogP contribution in [0.3, 0.4) is 0 Å². The molecule has 7 heteroatoms. The first-order valence-electron chi connectivity index (χ1n) is 8.63. The van der Waals surface area contributed by atoms with Gasteiger partial charge in [0.25, 0.3) is 0 Å². The van der Waals surface area contributed by atoms with Gasteiger partial charge in [-0.1, -0.05) is 18.2 Å². The van der Waals surface area contributed by atoms with Gasteiger partial charge in [-0.15, -0.1) is 0 Å². The van der Waals surface area contributed by atoms with E-state index in [2.05, 4.69) is 16.4 Å². The summed E-state index contributed by atoms with van der Waals surface area (Å²) >= 11 is 0. The molecule has 0 saturated carbocycles. The Balaban J connectivity index is 1.72. The van der Waals surface area contributed by atoms with E-state index >= 15 is 0 Å². The van der Waals surface area contributed by atoms with Crippen molar-refractivity contribution in [1.82, 2.24) is 5.32 Å². The smallest absolute Gasteiger partial charge is 0.321 e. The molecule has 26 heavy (non-hydrogen) atoms. The number of aliphatic imine (C=N–C) groups is 1. The highest BCUT2D eigenvalue weighted by molar-refractivity contribution is 6.13. The number of esters is 1. The molecule has 134 valence electrons. The maximum Gasteiger partial charge on any atom is 0.321 e. The molecule has 0 bridgehead atoms. The Kier molecular flexibility index (Phi) is 4.20. The first-order chi connectivity index (χ1) is 12.7. The van der Waals surface area contributed by atoms with Gasteiger partial charge in [0, 0.05) is 12.2 Å². The molecule has 2 atom stereocenters. The van der Waals surface area contributed by atoms with Crippen molar-refractivity contribution in [3.63, 3.8) is 0 Å². The molecule has 1 aromatic heterocycles. The summed E-state index contributed by atoms with van der Waals surface area (Å²) in [4.78, 5) is 31.7. The van der Waals surface area contributed by atoms with Crippen LogP contribution in [0.25, 0.3) is 0 Å². The van der Waals surface area contributed by atoms with Gasteiger partial charge in [0.05, 0.1) is 12.9 Å². The number of carbonyl (C=O) groups excluding carboxylic acids is 2. The van der Waals surface area contributed by atoms with Crippen molar-refractivity contribution in [1.29, 1.82) is 0 Å². The largest absolute Gasteiger partial charge is 0.467 e. The van der Waals surface area contributed by atoms with Crippen LogP contribution in [0.1, 0.15) is 24.3 Å². The second kappa shape index (κ2) is 6.67. The highest BCUT2D eigenvalue weighted by atomic mass is 16.5. The van der Waals surface area contributed by atoms with E-state index in [9.17, 15) is 9.59 Å². The van der Waals surface area contributed by atoms with Crippen molar-refractivity contribution in [2.75, 3.05) is 18.1 Å². The Hall–Kier alpha value is -3.09. The van der Waals surface area contributed by atoms with Crippen molar-refractivity contribution in [2.45, 2.75) is 19.4 Å². The number of hydrogen-bond donors (Lipinski definition) is 1. The molecular weight excluding hydrogens is 334 g/mol. The predicted molar refractivity (Wildman–Crippen MR) is 94.6 cm³/mol. The summed E-state index contributed by atoms with van der Waals surface area (Å²) in [7, 11) is 0. The van der Waals surface area contributed by atoms with Gasteiger partial charge in [-0.05, 0) is 37.1 Å². The van der Waals surface area contributed by atoms with E-state index in [0.717, 1.165) is 12.1 Å². The number of rotatable bonds is 3. The molecule has 7 nitrogen and oxygen atoms in total. The summed E-state index contributed by atoms with van der Waals surface area (Å²) in [5.74, 6) is -1.21. The molecule has 2 aliphatic heterocycles. The zero-order valence-corrected chi connectivity index (χ0v) is 14.3. The number of para-hydroxylation sites is 1. The number of benzene rings is 1. The molecule has 0 radical (unpaired) electrons. The Morgan fingerprint density at radius 3 is 2.96 bits per heavy atom. The van der Waals surface area contributed by atoms with E-state index in [-0.39, 0.29) is 6.61 Å². The summed E-state index contributed by atoms with van der Waals surface area (Å²) in [5, 5.41) is 2.78. The van der Waals surface area contributed by atoms with Gasteiger partial charge in [0.15, 0.2) is 5.92 Å². The molecule has 0 fully saturated rings. The molecule has 1 amide bonds. The third-order valence-electron chi connectivity index (χ3n) is 4.61. The molecule has 1 aromatic carbocycles. The lowest BCUT2D eigenvalue weighted by Crippen LogP contribution is -2.52. The number of carbonyl (C=O) groups is 2. The lowest BCUT2D eigenvalue weighted by molar-refractivity contribution is -0.153. The standard InChI is InChI=1S/C19H19N3O4/c1-2-25-18(24)15-16(14-8-5-11-26-14)20-19(21-17(15)23)22-10-9-12-6-3-4-7-13(12)22/h3-8,11,15-16H,2,9-10H2,1H3,(H,20,21,23). The Morgan fingerprint density at radius 2 is 2.19 bits per heavy atom. The molecule has 2 aromatic rings. The van der Waals surface area contributed by atoms with Gasteiger partial charge in [-0.2, -0.15) is 0 Å². The zero-order valence-electron chi connectivity index (χ0n) is 14.3. The topological polar surface area (TPSA) is 84.1 Å². The number of hydrogen-bond acceptors (Lipinski definition) is 6. The van der Waals surface area contributed by atoms with Gasteiger partial charge < -0.3 is 14.1 Å². The highest BCUT2D eigenvalue weighted by Gasteiger charge is 2.43. The van der Waals surface area contributed by atoms with Gasteiger partial charge in [-0.3, -0.25) is 14.9 Å². The molecular formula is C19H19N3O4. The Labute approximate surface area is 150 Å². The first-order valence-corrected chi connectivity index (χ1v) is 8.63. The first kappa shape index (κ1) is 16.4. The number of anilines is 1. The fourth-order valence-corrected chi connectivity index (χ4v) is 3.42. The van der Waals surface area contributed by atoms with Crippen LogP contribution in [0.4, 0.5) is 5.69 Å². The number of guanidine groups is 1. The number of furan rings is 1. The number of ether oxygens (including phenoxy) is 1. The zero-order chi connectivity index (χ0) is 18.1. The van der Waals surface area contributed by atoms with Gasteiger partial charge >= 0.3 is 5.97 Å². The van der Waals surface area contributed by atoms with Gasteiger partial charge in [-0.25, -0.2) is 4.99 Å². The molecule has 2 aliphatic rings. The highest BCUT2D eigenvalue weighted by Crippen LogP contribution is 2.34. The van der Waals surface area contributed by atoms with Crippen LogP contribution >= 0.6 is 0 Å². The SMILES string of the molecule is CCOC(=O)C1C(=O)NC(N2CCc3ccccc32)=NC1c1ccco1. The molecule has 0 saturated heterocycles. The lowest BCUT2D eigenvalue weighted by Gasteiger charge is -2.30. The van der Waals surface area contributed by atoms with Crippen molar-refractivity contribution >= 4 is 23.5 Å². The molecule has 0 spiro atoms. The number of fused-ring (bicyclic) bond motifs is 1. The van der Waals surface area contributed by atoms with Crippen LogP contribution in [-0.4, -0.2) is 31.0 Å². The summed E-state index contributed by atoms with van der Waals surface area (Å²) in [6.07, 6.45) is 2.38.